The van der Waals surface area contributed by atoms with E-state index in [0.717, 1.165) is 0 Å². The van der Waals surface area contributed by atoms with Crippen molar-refractivity contribution in [1.29, 1.82) is 0 Å². The Kier molecular flexibility index (Phi) is 4.35. The number of nitrogens with zero attached hydrogens (tertiary/aromatic N) is 2. The number of aromatic nitrogens is 4. The van der Waals surface area contributed by atoms with Crippen LogP contribution in [0.15, 0.2) is 9.59 Å². The van der Waals surface area contributed by atoms with E-state index in [1.807, 2.05) is 6.92 Å². The molecule has 0 radical (unpaired) electrons. The first-order chi connectivity index (χ1) is 11.9. The van der Waals surface area contributed by atoms with Crippen LogP contribution in [0.2, 0.25) is 0 Å². The van der Waals surface area contributed by atoms with Crippen LogP contribution >= 0.6 is 46.0 Å². The molecule has 4 rings (SSSR count). The molecule has 2 aromatic heterocycles. The third-order valence-corrected chi connectivity index (χ3v) is 5.54. The van der Waals surface area contributed by atoms with E-state index < -0.39 is 35.3 Å². The Morgan fingerprint density at radius 3 is 2.84 bits per heavy atom. The number of H-pyrrole nitrogens is 2. The smallest absolute Gasteiger partial charge is 0.330 e. The molecule has 2 bridgehead atoms. The number of hydrogen-bond acceptors (Lipinski definition) is 8. The number of rotatable bonds is 4. The largest absolute Gasteiger partial charge is 0.369 e. The van der Waals surface area contributed by atoms with Gasteiger partial charge in [-0.3, -0.25) is 14.8 Å². The zero-order chi connectivity index (χ0) is 17.9. The van der Waals surface area contributed by atoms with Gasteiger partial charge in [-0.15, -0.1) is 0 Å². The summed E-state index contributed by atoms with van der Waals surface area (Å²) in [7, 11) is 0. The summed E-state index contributed by atoms with van der Waals surface area (Å²) in [6.07, 6.45) is -2.17. The van der Waals surface area contributed by atoms with Crippen LogP contribution in [0.25, 0.3) is 11.2 Å². The third kappa shape index (κ3) is 2.39. The molecule has 0 saturated carbocycles. The van der Waals surface area contributed by atoms with Gasteiger partial charge in [0.15, 0.2) is 23.0 Å². The van der Waals surface area contributed by atoms with E-state index in [4.69, 9.17) is 21.3 Å². The summed E-state index contributed by atoms with van der Waals surface area (Å²) >= 11 is 3.55. The first-order valence-corrected chi connectivity index (χ1v) is 9.03. The molecule has 2 aliphatic heterocycles. The van der Waals surface area contributed by atoms with Crippen molar-refractivity contribution in [2.24, 2.45) is 0 Å². The fraction of sp³-hybridized carbons (Fsp3) is 0.583. The number of nitrogen functional groups attached to an aromatic ring is 1. The van der Waals surface area contributed by atoms with Crippen LogP contribution in [0, 0.1) is 0 Å². The molecule has 25 heavy (non-hydrogen) atoms. The highest BCUT2D eigenvalue weighted by Crippen LogP contribution is 2.51. The highest BCUT2D eigenvalue weighted by Gasteiger charge is 2.67. The highest BCUT2D eigenvalue weighted by molar-refractivity contribution is 14.1. The quantitative estimate of drug-likeness (QED) is 0.436. The molecular weight excluding hydrogens is 564 g/mol. The molecule has 2 fully saturated rings. The molecule has 0 aromatic carbocycles. The minimum absolute atomic E-state index is 0.0183. The van der Waals surface area contributed by atoms with Crippen molar-refractivity contribution in [2.75, 3.05) is 12.3 Å². The number of aromatic amines is 2. The van der Waals surface area contributed by atoms with Gasteiger partial charge in [-0.2, -0.15) is 4.98 Å². The van der Waals surface area contributed by atoms with Crippen LogP contribution in [0.5, 0.6) is 0 Å². The molecule has 5 atom stereocenters. The van der Waals surface area contributed by atoms with Gasteiger partial charge in [0.05, 0.1) is 12.7 Å². The van der Waals surface area contributed by atoms with Crippen molar-refractivity contribution >= 4 is 63.1 Å². The maximum Gasteiger partial charge on any atom is 0.330 e. The van der Waals surface area contributed by atoms with Crippen molar-refractivity contribution < 1.29 is 15.6 Å². The fourth-order valence-corrected chi connectivity index (χ4v) is 4.72. The van der Waals surface area contributed by atoms with Crippen LogP contribution in [-0.4, -0.2) is 50.0 Å². The van der Waals surface area contributed by atoms with E-state index in [1.54, 1.807) is 46.0 Å². The number of anilines is 1. The highest BCUT2D eigenvalue weighted by atomic mass is 127. The van der Waals surface area contributed by atoms with Crippen LogP contribution in [0.4, 0.5) is 5.95 Å². The topological polar surface area (TPSA) is 146 Å². The number of nitrogens with two attached hydrogens (primary N) is 1. The SMILES string of the molecule is C[C@@H]1OC2C(OI)[C@@]1(COI)O[C@H]2n1c(=O)[nH]c2c(=O)[nH]c(N)nc21. The van der Waals surface area contributed by atoms with Gasteiger partial charge >= 0.3 is 5.69 Å². The molecule has 11 nitrogen and oxygen atoms in total. The van der Waals surface area contributed by atoms with Gasteiger partial charge in [0.1, 0.15) is 58.2 Å². The Morgan fingerprint density at radius 1 is 1.40 bits per heavy atom. The van der Waals surface area contributed by atoms with Crippen molar-refractivity contribution in [3.8, 4) is 0 Å². The Morgan fingerprint density at radius 2 is 2.16 bits per heavy atom. The molecule has 4 heterocycles. The number of nitrogens with one attached hydrogen (secondary N) is 2. The summed E-state index contributed by atoms with van der Waals surface area (Å²) in [6, 6.07) is 0. The molecule has 136 valence electrons. The number of imidazole rings is 1. The first-order valence-electron chi connectivity index (χ1n) is 7.27. The standard InChI is InChI=1S/C12H13I2N5O6/c1-3-12(2-22-13)6(25-14)5(23-3)9(24-12)19-7-4(16-11(19)21)8(20)18-10(15)17-7/h3,5-6,9H,2H2,1H3,(H,16,21)(H3,15,17,18,20)/t3-,5?,6?,9+,12-/m0/s1. The molecule has 2 saturated heterocycles. The van der Waals surface area contributed by atoms with E-state index in [-0.39, 0.29) is 29.8 Å². The van der Waals surface area contributed by atoms with E-state index in [9.17, 15) is 9.59 Å². The lowest BCUT2D eigenvalue weighted by Gasteiger charge is -2.35. The van der Waals surface area contributed by atoms with Crippen LogP contribution in [-0.2, 0) is 15.6 Å². The van der Waals surface area contributed by atoms with E-state index in [0.29, 0.717) is 0 Å². The van der Waals surface area contributed by atoms with E-state index >= 15 is 0 Å². The summed E-state index contributed by atoms with van der Waals surface area (Å²) in [4.78, 5) is 33.4. The Balaban J connectivity index is 1.88. The number of fused-ring (bicyclic) bond motifs is 3. The lowest BCUT2D eigenvalue weighted by molar-refractivity contribution is -0.211. The summed E-state index contributed by atoms with van der Waals surface area (Å²) in [6.45, 7) is 2.07. The molecular formula is C12H13I2N5O6. The van der Waals surface area contributed by atoms with Crippen LogP contribution in [0.3, 0.4) is 0 Å². The third-order valence-electron chi connectivity index (χ3n) is 4.68. The van der Waals surface area contributed by atoms with Gasteiger partial charge in [0.2, 0.25) is 5.95 Å². The average Bonchev–Trinajstić information content (AvgIpc) is 3.12. The lowest BCUT2D eigenvalue weighted by atomic mass is 9.95. The summed E-state index contributed by atoms with van der Waals surface area (Å²) in [5.41, 5.74) is 3.75. The summed E-state index contributed by atoms with van der Waals surface area (Å²) in [5.74, 6) is -0.102. The van der Waals surface area contributed by atoms with Gasteiger partial charge in [-0.05, 0) is 6.92 Å². The monoisotopic (exact) mass is 577 g/mol. The molecule has 2 aliphatic rings. The van der Waals surface area contributed by atoms with Crippen molar-refractivity contribution in [1.82, 2.24) is 19.5 Å². The predicted octanol–water partition coefficient (Wildman–Crippen LogP) is 0.152. The zero-order valence-corrected chi connectivity index (χ0v) is 17.0. The van der Waals surface area contributed by atoms with Crippen molar-refractivity contribution in [3.05, 3.63) is 20.8 Å². The molecule has 2 aromatic rings. The fourth-order valence-electron chi connectivity index (χ4n) is 3.51. The maximum atomic E-state index is 12.5. The minimum atomic E-state index is -0.881. The molecule has 0 amide bonds. The lowest BCUT2D eigenvalue weighted by Crippen LogP contribution is -2.50. The molecule has 13 heteroatoms. The van der Waals surface area contributed by atoms with Gasteiger partial charge < -0.3 is 21.3 Å². The number of halogens is 2. The van der Waals surface area contributed by atoms with Gasteiger partial charge in [0, 0.05) is 0 Å². The van der Waals surface area contributed by atoms with E-state index in [1.165, 1.54) is 4.57 Å². The Bertz CT molecular complexity index is 942. The Labute approximate surface area is 167 Å². The zero-order valence-electron chi connectivity index (χ0n) is 12.7. The van der Waals surface area contributed by atoms with Crippen molar-refractivity contribution in [3.63, 3.8) is 0 Å². The second kappa shape index (κ2) is 6.15. The second-order valence-corrected chi connectivity index (χ2v) is 7.05. The van der Waals surface area contributed by atoms with E-state index in [2.05, 4.69) is 15.0 Å². The number of ether oxygens (including phenoxy) is 2. The summed E-state index contributed by atoms with van der Waals surface area (Å²) < 4.78 is 24.2. The molecule has 2 unspecified atom stereocenters. The average molecular weight is 577 g/mol. The summed E-state index contributed by atoms with van der Waals surface area (Å²) in [5, 5.41) is 0. The van der Waals surface area contributed by atoms with Gasteiger partial charge in [-0.1, -0.05) is 0 Å². The van der Waals surface area contributed by atoms with Gasteiger partial charge in [-0.25, -0.2) is 9.36 Å². The molecule has 0 spiro atoms. The van der Waals surface area contributed by atoms with Crippen LogP contribution < -0.4 is 17.0 Å². The normalized spacial score (nSPS) is 34.2. The second-order valence-electron chi connectivity index (χ2n) is 5.92. The maximum absolute atomic E-state index is 12.5. The van der Waals surface area contributed by atoms with Crippen molar-refractivity contribution in [2.45, 2.75) is 37.1 Å². The predicted molar refractivity (Wildman–Crippen MR) is 101 cm³/mol. The molecule has 4 N–H and O–H groups in total. The molecule has 0 aliphatic carbocycles. The first kappa shape index (κ1) is 17.7. The van der Waals surface area contributed by atoms with Crippen LogP contribution in [0.1, 0.15) is 13.2 Å². The van der Waals surface area contributed by atoms with Gasteiger partial charge in [0.25, 0.3) is 5.56 Å². The number of hydrogen-bond donors (Lipinski definition) is 3. The Hall–Kier alpha value is -0.750. The minimum Gasteiger partial charge on any atom is -0.369 e.